The summed E-state index contributed by atoms with van der Waals surface area (Å²) >= 11 is 0. The second-order valence-electron chi connectivity index (χ2n) is 7.07. The molecule has 1 saturated heterocycles. The fourth-order valence-electron chi connectivity index (χ4n) is 3.32. The Morgan fingerprint density at radius 3 is 2.55 bits per heavy atom. The number of aryl methyl sites for hydroxylation is 1. The van der Waals surface area contributed by atoms with E-state index in [1.54, 1.807) is 24.3 Å². The number of methoxy groups -OCH3 is 1. The summed E-state index contributed by atoms with van der Waals surface area (Å²) in [5, 5.41) is 2.80. The van der Waals surface area contributed by atoms with Crippen LogP contribution in [-0.4, -0.2) is 38.8 Å². The zero-order valence-corrected chi connectivity index (χ0v) is 17.5. The first-order chi connectivity index (χ1) is 13.9. The van der Waals surface area contributed by atoms with Crippen molar-refractivity contribution in [1.29, 1.82) is 0 Å². The molecule has 3 rings (SSSR count). The van der Waals surface area contributed by atoms with Gasteiger partial charge < -0.3 is 10.1 Å². The van der Waals surface area contributed by atoms with Gasteiger partial charge in [0.15, 0.2) is 0 Å². The van der Waals surface area contributed by atoms with Crippen molar-refractivity contribution in [2.45, 2.75) is 31.1 Å². The highest BCUT2D eigenvalue weighted by Crippen LogP contribution is 2.30. The molecule has 29 heavy (non-hydrogen) atoms. The molecule has 1 N–H and O–H groups in total. The average Bonchev–Trinajstić information content (AvgIpc) is 2.72. The van der Waals surface area contributed by atoms with Crippen molar-refractivity contribution in [3.8, 4) is 5.75 Å². The van der Waals surface area contributed by atoms with Crippen LogP contribution in [0.4, 0.5) is 5.69 Å². The van der Waals surface area contributed by atoms with Crippen LogP contribution in [0.15, 0.2) is 53.4 Å². The lowest BCUT2D eigenvalue weighted by molar-refractivity contribution is -0.111. The van der Waals surface area contributed by atoms with Gasteiger partial charge >= 0.3 is 0 Å². The number of sulfonamides is 1. The van der Waals surface area contributed by atoms with Crippen LogP contribution in [0.1, 0.15) is 30.4 Å². The van der Waals surface area contributed by atoms with Crippen LogP contribution >= 0.6 is 0 Å². The van der Waals surface area contributed by atoms with E-state index in [4.69, 9.17) is 4.74 Å². The van der Waals surface area contributed by atoms with Gasteiger partial charge in [-0.15, -0.1) is 0 Å². The lowest BCUT2D eigenvalue weighted by Gasteiger charge is -2.26. The summed E-state index contributed by atoms with van der Waals surface area (Å²) in [6.07, 6.45) is 5.75. The molecule has 0 radical (unpaired) electrons. The minimum atomic E-state index is -3.65. The number of hydrogen-bond donors (Lipinski definition) is 1. The molecule has 154 valence electrons. The normalized spacial score (nSPS) is 15.4. The average molecular weight is 415 g/mol. The van der Waals surface area contributed by atoms with Gasteiger partial charge in [-0.2, -0.15) is 4.31 Å². The number of carbonyl (C=O) groups excluding carboxylic acids is 1. The monoisotopic (exact) mass is 414 g/mol. The van der Waals surface area contributed by atoms with Gasteiger partial charge in [-0.05, 0) is 61.2 Å². The van der Waals surface area contributed by atoms with Crippen LogP contribution in [-0.2, 0) is 14.8 Å². The van der Waals surface area contributed by atoms with Crippen LogP contribution in [0.3, 0.4) is 0 Å². The lowest BCUT2D eigenvalue weighted by Crippen LogP contribution is -2.35. The van der Waals surface area contributed by atoms with Gasteiger partial charge in [0.05, 0.1) is 7.11 Å². The van der Waals surface area contributed by atoms with Crippen LogP contribution in [0.5, 0.6) is 5.75 Å². The van der Waals surface area contributed by atoms with Crippen molar-refractivity contribution in [2.75, 3.05) is 25.5 Å². The minimum absolute atomic E-state index is 0.128. The number of nitrogens with one attached hydrogen (secondary N) is 1. The Kier molecular flexibility index (Phi) is 6.71. The zero-order valence-electron chi connectivity index (χ0n) is 16.7. The van der Waals surface area contributed by atoms with E-state index in [0.29, 0.717) is 30.1 Å². The van der Waals surface area contributed by atoms with Crippen molar-refractivity contribution in [1.82, 2.24) is 4.31 Å². The number of amides is 1. The van der Waals surface area contributed by atoms with Gasteiger partial charge in [-0.1, -0.05) is 24.6 Å². The third-order valence-electron chi connectivity index (χ3n) is 4.83. The fourth-order valence-corrected chi connectivity index (χ4v) is 5.03. The number of anilines is 1. The summed E-state index contributed by atoms with van der Waals surface area (Å²) in [5.74, 6) is 0.0174. The van der Waals surface area contributed by atoms with Crippen LogP contribution < -0.4 is 10.1 Å². The van der Waals surface area contributed by atoms with E-state index in [9.17, 15) is 13.2 Å². The van der Waals surface area contributed by atoms with Gasteiger partial charge in [0, 0.05) is 24.9 Å². The smallest absolute Gasteiger partial charge is 0.248 e. The summed E-state index contributed by atoms with van der Waals surface area (Å²) in [5.41, 5.74) is 2.37. The molecule has 1 amide bonds. The SMILES string of the molecule is COc1ccc(/C=C/C(=O)Nc2cccc(C)c2)cc1S(=O)(=O)N1CCCCC1. The number of benzene rings is 2. The molecule has 1 heterocycles. The van der Waals surface area contributed by atoms with Gasteiger partial charge in [0.2, 0.25) is 15.9 Å². The molecule has 1 aliphatic heterocycles. The molecule has 7 heteroatoms. The molecule has 2 aromatic carbocycles. The highest BCUT2D eigenvalue weighted by atomic mass is 32.2. The quantitative estimate of drug-likeness (QED) is 0.729. The first-order valence-electron chi connectivity index (χ1n) is 9.64. The predicted molar refractivity (Wildman–Crippen MR) is 114 cm³/mol. The van der Waals surface area contributed by atoms with E-state index < -0.39 is 10.0 Å². The molecule has 2 aromatic rings. The van der Waals surface area contributed by atoms with Crippen molar-refractivity contribution in [3.63, 3.8) is 0 Å². The zero-order chi connectivity index (χ0) is 20.9. The number of piperidine rings is 1. The highest BCUT2D eigenvalue weighted by Gasteiger charge is 2.28. The number of hydrogen-bond acceptors (Lipinski definition) is 4. The van der Waals surface area contributed by atoms with E-state index in [1.165, 1.54) is 17.5 Å². The van der Waals surface area contributed by atoms with Gasteiger partial charge in [-0.25, -0.2) is 8.42 Å². The maximum Gasteiger partial charge on any atom is 0.248 e. The van der Waals surface area contributed by atoms with Gasteiger partial charge in [0.1, 0.15) is 10.6 Å². The Labute approximate surface area is 172 Å². The third kappa shape index (κ3) is 5.25. The first-order valence-corrected chi connectivity index (χ1v) is 11.1. The van der Waals surface area contributed by atoms with Crippen LogP contribution in [0.25, 0.3) is 6.08 Å². The van der Waals surface area contributed by atoms with Crippen molar-refractivity contribution in [2.24, 2.45) is 0 Å². The predicted octanol–water partition coefficient (Wildman–Crippen LogP) is 3.83. The Balaban J connectivity index is 1.80. The number of nitrogens with zero attached hydrogens (tertiary/aromatic N) is 1. The van der Waals surface area contributed by atoms with Crippen LogP contribution in [0.2, 0.25) is 0 Å². The molecular weight excluding hydrogens is 388 g/mol. The summed E-state index contributed by atoms with van der Waals surface area (Å²) < 4.78 is 32.9. The number of rotatable bonds is 6. The Morgan fingerprint density at radius 1 is 1.10 bits per heavy atom. The maximum atomic E-state index is 13.1. The van der Waals surface area contributed by atoms with E-state index in [1.807, 2.05) is 31.2 Å². The lowest BCUT2D eigenvalue weighted by atomic mass is 10.2. The van der Waals surface area contributed by atoms with Gasteiger partial charge in [-0.3, -0.25) is 4.79 Å². The number of carbonyl (C=O) groups is 1. The topological polar surface area (TPSA) is 75.7 Å². The molecule has 1 fully saturated rings. The molecular formula is C22H26N2O4S. The molecule has 1 aliphatic rings. The standard InChI is InChI=1S/C22H26N2O4S/c1-17-7-6-8-19(15-17)23-22(25)12-10-18-9-11-20(28-2)21(16-18)29(26,27)24-13-4-3-5-14-24/h6-12,15-16H,3-5,13-14H2,1-2H3,(H,23,25)/b12-10+. The van der Waals surface area contributed by atoms with Crippen molar-refractivity contribution < 1.29 is 17.9 Å². The molecule has 0 aliphatic carbocycles. The highest BCUT2D eigenvalue weighted by molar-refractivity contribution is 7.89. The van der Waals surface area contributed by atoms with Gasteiger partial charge in [0.25, 0.3) is 0 Å². The molecule has 0 bridgehead atoms. The summed E-state index contributed by atoms with van der Waals surface area (Å²) in [6.45, 7) is 2.99. The summed E-state index contributed by atoms with van der Waals surface area (Å²) in [7, 11) is -2.19. The summed E-state index contributed by atoms with van der Waals surface area (Å²) in [4.78, 5) is 12.3. The van der Waals surface area contributed by atoms with E-state index >= 15 is 0 Å². The Bertz CT molecular complexity index is 1010. The van der Waals surface area contributed by atoms with E-state index in [-0.39, 0.29) is 10.8 Å². The summed E-state index contributed by atoms with van der Waals surface area (Å²) in [6, 6.07) is 12.4. The molecule has 0 saturated carbocycles. The molecule has 0 spiro atoms. The van der Waals surface area contributed by atoms with Crippen molar-refractivity contribution in [3.05, 3.63) is 59.7 Å². The van der Waals surface area contributed by atoms with Crippen LogP contribution in [0, 0.1) is 6.92 Å². The van der Waals surface area contributed by atoms with Crippen molar-refractivity contribution >= 4 is 27.7 Å². The largest absolute Gasteiger partial charge is 0.495 e. The fraction of sp³-hybridized carbons (Fsp3) is 0.318. The minimum Gasteiger partial charge on any atom is -0.495 e. The maximum absolute atomic E-state index is 13.1. The third-order valence-corrected chi connectivity index (χ3v) is 6.75. The molecule has 0 atom stereocenters. The molecule has 6 nitrogen and oxygen atoms in total. The Morgan fingerprint density at radius 2 is 1.86 bits per heavy atom. The molecule has 0 unspecified atom stereocenters. The molecule has 0 aromatic heterocycles. The first kappa shape index (κ1) is 21.1. The van der Waals surface area contributed by atoms with E-state index in [0.717, 1.165) is 24.8 Å². The van der Waals surface area contributed by atoms with E-state index in [2.05, 4.69) is 5.32 Å². The number of ether oxygens (including phenoxy) is 1. The second kappa shape index (κ2) is 9.24. The Hall–Kier alpha value is -2.64. The second-order valence-corrected chi connectivity index (χ2v) is 8.97.